The highest BCUT2D eigenvalue weighted by Gasteiger charge is 2.31. The van der Waals surface area contributed by atoms with E-state index in [0.29, 0.717) is 19.5 Å². The summed E-state index contributed by atoms with van der Waals surface area (Å²) < 4.78 is 0. The predicted molar refractivity (Wildman–Crippen MR) is 46.8 cm³/mol. The van der Waals surface area contributed by atoms with Crippen LogP contribution in [0, 0.1) is 0 Å². The van der Waals surface area contributed by atoms with Crippen molar-refractivity contribution in [3.63, 3.8) is 0 Å². The summed E-state index contributed by atoms with van der Waals surface area (Å²) in [7, 11) is 0. The number of β-amino-alcohol motifs (C(OH)–C–C–N with tert-alkyl or cyclic N) is 1. The van der Waals surface area contributed by atoms with E-state index >= 15 is 0 Å². The Balaban J connectivity index is 2.39. The van der Waals surface area contributed by atoms with Crippen LogP contribution in [0.15, 0.2) is 0 Å². The maximum atomic E-state index is 9.74. The summed E-state index contributed by atoms with van der Waals surface area (Å²) in [4.78, 5) is 2.10. The Morgan fingerprint density at radius 1 is 1.50 bits per heavy atom. The van der Waals surface area contributed by atoms with Gasteiger partial charge in [0.1, 0.15) is 5.60 Å². The minimum Gasteiger partial charge on any atom is -0.393 e. The molecule has 1 aliphatic rings. The van der Waals surface area contributed by atoms with Crippen LogP contribution >= 0.6 is 0 Å². The van der Waals surface area contributed by atoms with E-state index in [0.717, 1.165) is 19.5 Å². The van der Waals surface area contributed by atoms with Gasteiger partial charge < -0.3 is 15.9 Å². The van der Waals surface area contributed by atoms with E-state index in [4.69, 9.17) is 10.8 Å². The summed E-state index contributed by atoms with van der Waals surface area (Å²) in [6, 6.07) is 0. The van der Waals surface area contributed by atoms with E-state index < -0.39 is 5.60 Å². The zero-order valence-electron chi connectivity index (χ0n) is 7.37. The maximum absolute atomic E-state index is 9.74. The average molecular weight is 174 g/mol. The van der Waals surface area contributed by atoms with Crippen LogP contribution in [0.4, 0.5) is 0 Å². The molecule has 1 heterocycles. The number of aliphatic hydroxyl groups is 2. The fraction of sp³-hybridized carbons (Fsp3) is 1.00. The van der Waals surface area contributed by atoms with Gasteiger partial charge in [0.15, 0.2) is 0 Å². The SMILES string of the molecule is NCCN1CCCC(O)(CO)C1. The average Bonchev–Trinajstić information content (AvgIpc) is 2.05. The van der Waals surface area contributed by atoms with Crippen molar-refractivity contribution >= 4 is 0 Å². The van der Waals surface area contributed by atoms with Crippen molar-refractivity contribution in [1.29, 1.82) is 0 Å². The van der Waals surface area contributed by atoms with Crippen molar-refractivity contribution in [2.45, 2.75) is 18.4 Å². The Morgan fingerprint density at radius 3 is 2.83 bits per heavy atom. The van der Waals surface area contributed by atoms with Crippen molar-refractivity contribution in [3.8, 4) is 0 Å². The molecule has 4 nitrogen and oxygen atoms in total. The molecule has 0 bridgehead atoms. The minimum absolute atomic E-state index is 0.145. The summed E-state index contributed by atoms with van der Waals surface area (Å²) in [6.07, 6.45) is 1.64. The van der Waals surface area contributed by atoms with Crippen molar-refractivity contribution in [2.24, 2.45) is 5.73 Å². The number of hydrogen-bond donors (Lipinski definition) is 3. The van der Waals surface area contributed by atoms with Crippen LogP contribution in [0.1, 0.15) is 12.8 Å². The van der Waals surface area contributed by atoms with E-state index in [-0.39, 0.29) is 6.61 Å². The van der Waals surface area contributed by atoms with E-state index in [9.17, 15) is 5.11 Å². The van der Waals surface area contributed by atoms with Gasteiger partial charge in [-0.1, -0.05) is 0 Å². The lowest BCUT2D eigenvalue weighted by atomic mass is 9.94. The van der Waals surface area contributed by atoms with Gasteiger partial charge in [-0.3, -0.25) is 4.90 Å². The molecule has 0 amide bonds. The zero-order chi connectivity index (χ0) is 9.03. The number of aliphatic hydroxyl groups excluding tert-OH is 1. The van der Waals surface area contributed by atoms with Gasteiger partial charge in [0.25, 0.3) is 0 Å². The Kier molecular flexibility index (Phi) is 3.46. The molecule has 1 aliphatic heterocycles. The number of nitrogens with two attached hydrogens (primary N) is 1. The molecule has 0 aromatic heterocycles. The Morgan fingerprint density at radius 2 is 2.25 bits per heavy atom. The summed E-state index contributed by atoms with van der Waals surface area (Å²) in [5.41, 5.74) is 4.52. The fourth-order valence-electron chi connectivity index (χ4n) is 1.71. The molecule has 4 N–H and O–H groups in total. The Bertz CT molecular complexity index is 141. The van der Waals surface area contributed by atoms with Gasteiger partial charge in [0.2, 0.25) is 0 Å². The standard InChI is InChI=1S/C8H18N2O2/c9-3-5-10-4-1-2-8(12,6-10)7-11/h11-12H,1-7,9H2. The highest BCUT2D eigenvalue weighted by atomic mass is 16.3. The molecule has 12 heavy (non-hydrogen) atoms. The van der Waals surface area contributed by atoms with Gasteiger partial charge in [-0.05, 0) is 19.4 Å². The molecule has 4 heteroatoms. The number of likely N-dealkylation sites (tertiary alicyclic amines) is 1. The summed E-state index contributed by atoms with van der Waals surface area (Å²) in [6.45, 7) is 2.82. The third-order valence-electron chi connectivity index (χ3n) is 2.37. The molecule has 1 fully saturated rings. The third kappa shape index (κ3) is 2.42. The molecule has 0 spiro atoms. The van der Waals surface area contributed by atoms with Crippen LogP contribution in [0.2, 0.25) is 0 Å². The number of nitrogens with zero attached hydrogens (tertiary/aromatic N) is 1. The molecule has 1 unspecified atom stereocenters. The summed E-state index contributed by atoms with van der Waals surface area (Å²) >= 11 is 0. The fourth-order valence-corrected chi connectivity index (χ4v) is 1.71. The van der Waals surface area contributed by atoms with E-state index in [2.05, 4.69) is 4.90 Å². The smallest absolute Gasteiger partial charge is 0.100 e. The van der Waals surface area contributed by atoms with Crippen LogP contribution in [0.3, 0.4) is 0 Å². The first-order valence-corrected chi connectivity index (χ1v) is 4.46. The van der Waals surface area contributed by atoms with Gasteiger partial charge in [-0.15, -0.1) is 0 Å². The Hall–Kier alpha value is -0.160. The van der Waals surface area contributed by atoms with Crippen LogP contribution in [-0.4, -0.2) is 53.5 Å². The van der Waals surface area contributed by atoms with Gasteiger partial charge in [0.05, 0.1) is 6.61 Å². The molecular formula is C8H18N2O2. The van der Waals surface area contributed by atoms with Crippen LogP contribution in [0.5, 0.6) is 0 Å². The first kappa shape index (κ1) is 9.92. The molecule has 0 aromatic rings. The highest BCUT2D eigenvalue weighted by molar-refractivity contribution is 4.86. The van der Waals surface area contributed by atoms with Crippen molar-refractivity contribution in [3.05, 3.63) is 0 Å². The van der Waals surface area contributed by atoms with Gasteiger partial charge in [0, 0.05) is 19.6 Å². The predicted octanol–water partition coefficient (Wildman–Crippen LogP) is -1.24. The number of hydrogen-bond acceptors (Lipinski definition) is 4. The molecule has 1 rings (SSSR count). The normalized spacial score (nSPS) is 32.2. The second kappa shape index (κ2) is 4.18. The molecule has 0 aromatic carbocycles. The molecule has 0 saturated carbocycles. The van der Waals surface area contributed by atoms with E-state index in [1.165, 1.54) is 0 Å². The van der Waals surface area contributed by atoms with E-state index in [1.807, 2.05) is 0 Å². The highest BCUT2D eigenvalue weighted by Crippen LogP contribution is 2.19. The van der Waals surface area contributed by atoms with Crippen LogP contribution in [0.25, 0.3) is 0 Å². The van der Waals surface area contributed by atoms with Crippen LogP contribution in [-0.2, 0) is 0 Å². The minimum atomic E-state index is -0.882. The van der Waals surface area contributed by atoms with Gasteiger partial charge in [-0.25, -0.2) is 0 Å². The van der Waals surface area contributed by atoms with E-state index in [1.54, 1.807) is 0 Å². The first-order valence-electron chi connectivity index (χ1n) is 4.46. The van der Waals surface area contributed by atoms with Crippen molar-refractivity contribution in [1.82, 2.24) is 4.90 Å². The lowest BCUT2D eigenvalue weighted by Gasteiger charge is -2.37. The number of piperidine rings is 1. The van der Waals surface area contributed by atoms with Gasteiger partial charge in [-0.2, -0.15) is 0 Å². The molecular weight excluding hydrogens is 156 g/mol. The second-order valence-electron chi connectivity index (χ2n) is 3.55. The maximum Gasteiger partial charge on any atom is 0.100 e. The molecule has 72 valence electrons. The number of rotatable bonds is 3. The first-order chi connectivity index (χ1) is 5.70. The quantitative estimate of drug-likeness (QED) is 0.501. The second-order valence-corrected chi connectivity index (χ2v) is 3.55. The van der Waals surface area contributed by atoms with Crippen molar-refractivity contribution in [2.75, 3.05) is 32.8 Å². The lowest BCUT2D eigenvalue weighted by molar-refractivity contribution is -0.0660. The van der Waals surface area contributed by atoms with Gasteiger partial charge >= 0.3 is 0 Å². The monoisotopic (exact) mass is 174 g/mol. The zero-order valence-corrected chi connectivity index (χ0v) is 7.37. The topological polar surface area (TPSA) is 69.7 Å². The Labute approximate surface area is 73.0 Å². The summed E-state index contributed by atoms with van der Waals surface area (Å²) in [5, 5.41) is 18.7. The summed E-state index contributed by atoms with van der Waals surface area (Å²) in [5.74, 6) is 0. The molecule has 0 aliphatic carbocycles. The molecule has 0 radical (unpaired) electrons. The third-order valence-corrected chi connectivity index (χ3v) is 2.37. The lowest BCUT2D eigenvalue weighted by Crippen LogP contribution is -2.51. The molecule has 1 atom stereocenters. The molecule has 1 saturated heterocycles. The van der Waals surface area contributed by atoms with Crippen LogP contribution < -0.4 is 5.73 Å². The largest absolute Gasteiger partial charge is 0.393 e. The van der Waals surface area contributed by atoms with Crippen molar-refractivity contribution < 1.29 is 10.2 Å².